The van der Waals surface area contributed by atoms with Crippen molar-refractivity contribution in [2.24, 2.45) is 0 Å². The van der Waals surface area contributed by atoms with Crippen LogP contribution < -0.4 is 9.62 Å². The highest BCUT2D eigenvalue weighted by Gasteiger charge is 2.26. The van der Waals surface area contributed by atoms with E-state index in [2.05, 4.69) is 5.32 Å². The molecule has 2 rings (SSSR count). The van der Waals surface area contributed by atoms with Crippen molar-refractivity contribution in [3.63, 3.8) is 0 Å². The van der Waals surface area contributed by atoms with E-state index in [9.17, 15) is 18.0 Å². The first-order chi connectivity index (χ1) is 15.9. The van der Waals surface area contributed by atoms with Crippen LogP contribution in [-0.2, 0) is 26.2 Å². The molecule has 186 valence electrons. The molecule has 0 aliphatic heterocycles. The molecule has 9 heteroatoms. The van der Waals surface area contributed by atoms with Gasteiger partial charge in [0, 0.05) is 31.1 Å². The summed E-state index contributed by atoms with van der Waals surface area (Å²) in [5.41, 5.74) is 3.49. The molecule has 0 spiro atoms. The van der Waals surface area contributed by atoms with Crippen molar-refractivity contribution in [1.29, 1.82) is 0 Å². The Kier molecular flexibility index (Phi) is 9.94. The predicted octanol–water partition coefficient (Wildman–Crippen LogP) is 4.06. The van der Waals surface area contributed by atoms with Crippen LogP contribution >= 0.6 is 11.6 Å². The Hall–Kier alpha value is -2.58. The van der Waals surface area contributed by atoms with Gasteiger partial charge in [-0.05, 0) is 75.1 Å². The Balaban J connectivity index is 2.16. The number of hydrogen-bond donors (Lipinski definition) is 1. The summed E-state index contributed by atoms with van der Waals surface area (Å²) in [5.74, 6) is -0.458. The van der Waals surface area contributed by atoms with E-state index in [0.29, 0.717) is 23.7 Å². The van der Waals surface area contributed by atoms with Crippen LogP contribution in [0.2, 0.25) is 5.02 Å². The van der Waals surface area contributed by atoms with Crippen LogP contribution in [0.15, 0.2) is 42.5 Å². The van der Waals surface area contributed by atoms with E-state index in [1.54, 1.807) is 25.1 Å². The molecule has 2 aromatic carbocycles. The monoisotopic (exact) mass is 507 g/mol. The van der Waals surface area contributed by atoms with E-state index in [1.165, 1.54) is 9.21 Å². The fourth-order valence-corrected chi connectivity index (χ4v) is 4.66. The van der Waals surface area contributed by atoms with Crippen molar-refractivity contribution in [3.05, 3.63) is 64.2 Å². The van der Waals surface area contributed by atoms with Crippen molar-refractivity contribution in [2.75, 3.05) is 23.7 Å². The first-order valence-corrected chi connectivity index (χ1v) is 13.5. The third-order valence-corrected chi connectivity index (χ3v) is 7.16. The molecule has 0 aliphatic rings. The zero-order chi connectivity index (χ0) is 25.5. The van der Waals surface area contributed by atoms with E-state index in [1.807, 2.05) is 45.0 Å². The maximum Gasteiger partial charge on any atom is 0.242 e. The van der Waals surface area contributed by atoms with Gasteiger partial charge in [-0.15, -0.1) is 0 Å². The van der Waals surface area contributed by atoms with E-state index in [-0.39, 0.29) is 31.3 Å². The second-order valence-electron chi connectivity index (χ2n) is 8.43. The van der Waals surface area contributed by atoms with Gasteiger partial charge in [0.2, 0.25) is 21.8 Å². The zero-order valence-corrected chi connectivity index (χ0v) is 22.0. The molecule has 0 radical (unpaired) electrons. The highest BCUT2D eigenvalue weighted by molar-refractivity contribution is 7.92. The van der Waals surface area contributed by atoms with Gasteiger partial charge in [0.15, 0.2) is 0 Å². The molecule has 1 N–H and O–H groups in total. The molecule has 0 saturated carbocycles. The number of halogens is 1. The summed E-state index contributed by atoms with van der Waals surface area (Å²) in [6.07, 6.45) is 1.58. The number of aryl methyl sites for hydroxylation is 2. The van der Waals surface area contributed by atoms with E-state index < -0.39 is 16.1 Å². The number of hydrogen-bond acceptors (Lipinski definition) is 4. The molecular formula is C25H34ClN3O4S. The topological polar surface area (TPSA) is 86.8 Å². The maximum atomic E-state index is 13.2. The highest BCUT2D eigenvalue weighted by atomic mass is 35.5. The van der Waals surface area contributed by atoms with Crippen LogP contribution in [-0.4, -0.2) is 50.5 Å². The van der Waals surface area contributed by atoms with Gasteiger partial charge in [0.05, 0.1) is 11.9 Å². The normalized spacial score (nSPS) is 12.2. The van der Waals surface area contributed by atoms with Gasteiger partial charge < -0.3 is 10.2 Å². The highest BCUT2D eigenvalue weighted by Crippen LogP contribution is 2.22. The Labute approximate surface area is 208 Å². The molecule has 0 aromatic heterocycles. The fourth-order valence-electron chi connectivity index (χ4n) is 3.58. The van der Waals surface area contributed by atoms with Gasteiger partial charge in [-0.25, -0.2) is 8.42 Å². The largest absolute Gasteiger partial charge is 0.355 e. The first-order valence-electron chi connectivity index (χ1n) is 11.3. The summed E-state index contributed by atoms with van der Waals surface area (Å²) < 4.78 is 26.2. The van der Waals surface area contributed by atoms with Crippen LogP contribution in [0.5, 0.6) is 0 Å². The Bertz CT molecular complexity index is 1100. The molecule has 0 unspecified atom stereocenters. The summed E-state index contributed by atoms with van der Waals surface area (Å²) >= 11 is 5.97. The maximum absolute atomic E-state index is 13.2. The SMILES string of the molecule is CCNC(=O)[C@@H](C)N(Cc1ccc(Cl)cc1)C(=O)CCCN(c1ccc(C)c(C)c1)S(C)(=O)=O. The third-order valence-electron chi connectivity index (χ3n) is 5.72. The molecule has 2 amide bonds. The summed E-state index contributed by atoms with van der Waals surface area (Å²) in [6.45, 7) is 8.29. The van der Waals surface area contributed by atoms with Crippen molar-refractivity contribution >= 4 is 39.1 Å². The minimum Gasteiger partial charge on any atom is -0.355 e. The van der Waals surface area contributed by atoms with Crippen LogP contribution in [0.1, 0.15) is 43.4 Å². The standard InChI is InChI=1S/C25H34ClN3O4S/c1-6-27-25(31)20(4)28(17-21-10-12-22(26)13-11-21)24(30)8-7-15-29(34(5,32)33)23-14-9-18(2)19(3)16-23/h9-14,16,20H,6-8,15,17H2,1-5H3,(H,27,31)/t20-/m1/s1. The number of likely N-dealkylation sites (N-methyl/N-ethyl adjacent to an activating group) is 1. The second-order valence-corrected chi connectivity index (χ2v) is 10.8. The second kappa shape index (κ2) is 12.2. The summed E-state index contributed by atoms with van der Waals surface area (Å²) in [5, 5.41) is 3.35. The van der Waals surface area contributed by atoms with Crippen LogP contribution in [0.4, 0.5) is 5.69 Å². The number of amides is 2. The average Bonchev–Trinajstić information content (AvgIpc) is 2.77. The smallest absolute Gasteiger partial charge is 0.242 e. The quantitative estimate of drug-likeness (QED) is 0.497. The Morgan fingerprint density at radius 1 is 1.06 bits per heavy atom. The third kappa shape index (κ3) is 7.74. The molecule has 2 aromatic rings. The van der Waals surface area contributed by atoms with E-state index >= 15 is 0 Å². The average molecular weight is 508 g/mol. The molecule has 0 bridgehead atoms. The Morgan fingerprint density at radius 2 is 1.71 bits per heavy atom. The lowest BCUT2D eigenvalue weighted by Crippen LogP contribution is -2.47. The number of benzene rings is 2. The van der Waals surface area contributed by atoms with Crippen molar-refractivity contribution in [2.45, 2.75) is 53.1 Å². The first kappa shape index (κ1) is 27.7. The molecular weight excluding hydrogens is 474 g/mol. The lowest BCUT2D eigenvalue weighted by Gasteiger charge is -2.29. The molecule has 1 atom stereocenters. The van der Waals surface area contributed by atoms with Crippen molar-refractivity contribution in [1.82, 2.24) is 10.2 Å². The lowest BCUT2D eigenvalue weighted by atomic mass is 10.1. The zero-order valence-electron chi connectivity index (χ0n) is 20.5. The van der Waals surface area contributed by atoms with E-state index in [4.69, 9.17) is 11.6 Å². The van der Waals surface area contributed by atoms with Crippen LogP contribution in [0, 0.1) is 13.8 Å². The van der Waals surface area contributed by atoms with Gasteiger partial charge in [-0.3, -0.25) is 13.9 Å². The molecule has 0 fully saturated rings. The van der Waals surface area contributed by atoms with Gasteiger partial charge >= 0.3 is 0 Å². The molecule has 0 saturated heterocycles. The predicted molar refractivity (Wildman–Crippen MR) is 137 cm³/mol. The van der Waals surface area contributed by atoms with Crippen molar-refractivity contribution in [3.8, 4) is 0 Å². The summed E-state index contributed by atoms with van der Waals surface area (Å²) in [7, 11) is -3.52. The van der Waals surface area contributed by atoms with Crippen LogP contribution in [0.3, 0.4) is 0 Å². The number of nitrogens with one attached hydrogen (secondary N) is 1. The molecule has 0 heterocycles. The Morgan fingerprint density at radius 3 is 2.26 bits per heavy atom. The number of carbonyl (C=O) groups excluding carboxylic acids is 2. The minimum absolute atomic E-state index is 0.105. The van der Waals surface area contributed by atoms with E-state index in [0.717, 1.165) is 22.9 Å². The number of rotatable bonds is 11. The lowest BCUT2D eigenvalue weighted by molar-refractivity contribution is -0.140. The van der Waals surface area contributed by atoms with Crippen molar-refractivity contribution < 1.29 is 18.0 Å². The number of carbonyl (C=O) groups is 2. The van der Waals surface area contributed by atoms with Gasteiger partial charge in [0.1, 0.15) is 6.04 Å². The van der Waals surface area contributed by atoms with Gasteiger partial charge in [-0.1, -0.05) is 29.8 Å². The van der Waals surface area contributed by atoms with Gasteiger partial charge in [-0.2, -0.15) is 0 Å². The summed E-state index contributed by atoms with van der Waals surface area (Å²) in [4.78, 5) is 27.2. The van der Waals surface area contributed by atoms with Crippen LogP contribution in [0.25, 0.3) is 0 Å². The summed E-state index contributed by atoms with van der Waals surface area (Å²) in [6, 6.07) is 11.9. The molecule has 34 heavy (non-hydrogen) atoms. The molecule has 0 aliphatic carbocycles. The molecule has 7 nitrogen and oxygen atoms in total. The number of nitrogens with zero attached hydrogens (tertiary/aromatic N) is 2. The number of sulfonamides is 1. The minimum atomic E-state index is -3.52. The fraction of sp³-hybridized carbons (Fsp3) is 0.440. The number of anilines is 1. The van der Waals surface area contributed by atoms with Gasteiger partial charge in [0.25, 0.3) is 0 Å².